The summed E-state index contributed by atoms with van der Waals surface area (Å²) in [5.74, 6) is 0.697. The standard InChI is InChI=1S/C14H23N3O4/c1-2-14(9-18,10-19)16-7-8-21-12-5-3-11(4-6-12)13(15)17-20/h3-6,16,18-20H,2,7-10H2,1H3,(H2,15,17). The molecule has 0 aliphatic carbocycles. The van der Waals surface area contributed by atoms with Crippen molar-refractivity contribution in [1.29, 1.82) is 0 Å². The van der Waals surface area contributed by atoms with Crippen LogP contribution < -0.4 is 15.8 Å². The highest BCUT2D eigenvalue weighted by molar-refractivity contribution is 5.97. The van der Waals surface area contributed by atoms with Gasteiger partial charge in [0.25, 0.3) is 0 Å². The number of nitrogens with two attached hydrogens (primary N) is 1. The molecule has 0 bridgehead atoms. The van der Waals surface area contributed by atoms with Crippen molar-refractivity contribution < 1.29 is 20.2 Å². The number of benzene rings is 1. The van der Waals surface area contributed by atoms with Gasteiger partial charge in [-0.05, 0) is 30.7 Å². The molecule has 0 amide bonds. The molecule has 0 aromatic heterocycles. The Balaban J connectivity index is 2.43. The van der Waals surface area contributed by atoms with E-state index < -0.39 is 5.54 Å². The quantitative estimate of drug-likeness (QED) is 0.142. The summed E-state index contributed by atoms with van der Waals surface area (Å²) in [4.78, 5) is 0. The Bertz CT molecular complexity index is 436. The first kappa shape index (κ1) is 17.2. The predicted molar refractivity (Wildman–Crippen MR) is 79.6 cm³/mol. The molecule has 0 heterocycles. The number of nitrogens with one attached hydrogen (secondary N) is 1. The number of hydrogen-bond acceptors (Lipinski definition) is 6. The SMILES string of the molecule is CCC(CO)(CO)NCCOc1ccc(/C(N)=N/O)cc1. The molecule has 0 spiro atoms. The van der Waals surface area contributed by atoms with Gasteiger partial charge in [0.05, 0.1) is 18.8 Å². The van der Waals surface area contributed by atoms with E-state index in [1.54, 1.807) is 24.3 Å². The number of hydrogen-bond donors (Lipinski definition) is 5. The summed E-state index contributed by atoms with van der Waals surface area (Å²) in [6.07, 6.45) is 0.620. The molecule has 1 aromatic carbocycles. The minimum absolute atomic E-state index is 0.0434. The summed E-state index contributed by atoms with van der Waals surface area (Å²) in [6.45, 7) is 2.52. The first-order valence-electron chi connectivity index (χ1n) is 6.78. The minimum atomic E-state index is -0.667. The molecule has 0 aliphatic heterocycles. The van der Waals surface area contributed by atoms with Gasteiger partial charge in [-0.3, -0.25) is 0 Å². The summed E-state index contributed by atoms with van der Waals surface area (Å²) < 4.78 is 5.53. The first-order chi connectivity index (χ1) is 10.1. The second-order valence-corrected chi connectivity index (χ2v) is 4.73. The van der Waals surface area contributed by atoms with Crippen LogP contribution in [-0.4, -0.2) is 53.2 Å². The van der Waals surface area contributed by atoms with Crippen molar-refractivity contribution in [3.8, 4) is 5.75 Å². The van der Waals surface area contributed by atoms with Gasteiger partial charge in [-0.2, -0.15) is 0 Å². The summed E-state index contributed by atoms with van der Waals surface area (Å²) in [6, 6.07) is 6.82. The molecule has 0 fully saturated rings. The molecule has 1 aromatic rings. The van der Waals surface area contributed by atoms with Crippen molar-refractivity contribution in [2.24, 2.45) is 10.9 Å². The van der Waals surface area contributed by atoms with Crippen molar-refractivity contribution in [2.75, 3.05) is 26.4 Å². The summed E-state index contributed by atoms with van der Waals surface area (Å²) in [5, 5.41) is 33.2. The fraction of sp³-hybridized carbons (Fsp3) is 0.500. The lowest BCUT2D eigenvalue weighted by Gasteiger charge is -2.29. The van der Waals surface area contributed by atoms with Gasteiger partial charge in [-0.1, -0.05) is 12.1 Å². The van der Waals surface area contributed by atoms with Crippen LogP contribution in [0.2, 0.25) is 0 Å². The molecule has 118 valence electrons. The van der Waals surface area contributed by atoms with Crippen LogP contribution in [0.4, 0.5) is 0 Å². The molecular weight excluding hydrogens is 274 g/mol. The average molecular weight is 297 g/mol. The van der Waals surface area contributed by atoms with Gasteiger partial charge in [-0.15, -0.1) is 0 Å². The smallest absolute Gasteiger partial charge is 0.170 e. The molecule has 0 atom stereocenters. The van der Waals surface area contributed by atoms with Gasteiger partial charge in [0, 0.05) is 12.1 Å². The third-order valence-electron chi connectivity index (χ3n) is 3.41. The summed E-state index contributed by atoms with van der Waals surface area (Å²) >= 11 is 0. The van der Waals surface area contributed by atoms with E-state index >= 15 is 0 Å². The minimum Gasteiger partial charge on any atom is -0.492 e. The van der Waals surface area contributed by atoms with Crippen LogP contribution in [0, 0.1) is 0 Å². The Morgan fingerprint density at radius 1 is 1.29 bits per heavy atom. The second-order valence-electron chi connectivity index (χ2n) is 4.73. The van der Waals surface area contributed by atoms with Crippen LogP contribution in [-0.2, 0) is 0 Å². The molecule has 0 aliphatic rings. The Kier molecular flexibility index (Phi) is 6.93. The molecule has 7 nitrogen and oxygen atoms in total. The molecule has 6 N–H and O–H groups in total. The lowest BCUT2D eigenvalue weighted by Crippen LogP contribution is -2.52. The highest BCUT2D eigenvalue weighted by Gasteiger charge is 2.25. The van der Waals surface area contributed by atoms with Gasteiger partial charge in [0.2, 0.25) is 0 Å². The zero-order valence-electron chi connectivity index (χ0n) is 12.1. The molecule has 0 radical (unpaired) electrons. The zero-order chi connectivity index (χ0) is 15.7. The number of oxime groups is 1. The van der Waals surface area contributed by atoms with E-state index in [0.717, 1.165) is 0 Å². The molecule has 1 rings (SSSR count). The van der Waals surface area contributed by atoms with E-state index in [4.69, 9.17) is 15.7 Å². The van der Waals surface area contributed by atoms with E-state index in [2.05, 4.69) is 10.5 Å². The predicted octanol–water partition coefficient (Wildman–Crippen LogP) is -0.117. The molecule has 7 heteroatoms. The van der Waals surface area contributed by atoms with Crippen LogP contribution in [0.25, 0.3) is 0 Å². The van der Waals surface area contributed by atoms with Crippen LogP contribution >= 0.6 is 0 Å². The van der Waals surface area contributed by atoms with Gasteiger partial charge >= 0.3 is 0 Å². The van der Waals surface area contributed by atoms with Gasteiger partial charge in [-0.25, -0.2) is 0 Å². The molecule has 21 heavy (non-hydrogen) atoms. The molecular formula is C14H23N3O4. The van der Waals surface area contributed by atoms with E-state index in [1.165, 1.54) is 0 Å². The van der Waals surface area contributed by atoms with Gasteiger partial charge in [0.15, 0.2) is 5.84 Å². The van der Waals surface area contributed by atoms with Gasteiger partial charge in [0.1, 0.15) is 12.4 Å². The van der Waals surface area contributed by atoms with Crippen LogP contribution in [0.1, 0.15) is 18.9 Å². The Morgan fingerprint density at radius 2 is 1.90 bits per heavy atom. The van der Waals surface area contributed by atoms with Crippen LogP contribution in [0.5, 0.6) is 5.75 Å². The lowest BCUT2D eigenvalue weighted by atomic mass is 9.99. The molecule has 0 unspecified atom stereocenters. The highest BCUT2D eigenvalue weighted by atomic mass is 16.5. The maximum Gasteiger partial charge on any atom is 0.170 e. The van der Waals surface area contributed by atoms with Crippen molar-refractivity contribution in [3.63, 3.8) is 0 Å². The third kappa shape index (κ3) is 4.89. The van der Waals surface area contributed by atoms with E-state index in [9.17, 15) is 10.2 Å². The van der Waals surface area contributed by atoms with E-state index in [1.807, 2.05) is 6.92 Å². The number of amidine groups is 1. The lowest BCUT2D eigenvalue weighted by molar-refractivity contribution is 0.0844. The van der Waals surface area contributed by atoms with Crippen LogP contribution in [0.15, 0.2) is 29.4 Å². The fourth-order valence-corrected chi connectivity index (χ4v) is 1.78. The van der Waals surface area contributed by atoms with Crippen molar-refractivity contribution >= 4 is 5.84 Å². The van der Waals surface area contributed by atoms with Gasteiger partial charge < -0.3 is 31.2 Å². The van der Waals surface area contributed by atoms with Crippen LogP contribution in [0.3, 0.4) is 0 Å². The first-order valence-corrected chi connectivity index (χ1v) is 6.78. The topological polar surface area (TPSA) is 120 Å². The monoisotopic (exact) mass is 297 g/mol. The average Bonchev–Trinajstić information content (AvgIpc) is 2.55. The Hall–Kier alpha value is -1.83. The summed E-state index contributed by atoms with van der Waals surface area (Å²) in [7, 11) is 0. The number of aliphatic hydroxyl groups excluding tert-OH is 2. The number of ether oxygens (including phenoxy) is 1. The second kappa shape index (κ2) is 8.46. The Labute approximate surface area is 124 Å². The maximum atomic E-state index is 9.29. The molecule has 0 saturated heterocycles. The van der Waals surface area contributed by atoms with Crippen molar-refractivity contribution in [2.45, 2.75) is 18.9 Å². The molecule has 0 saturated carbocycles. The third-order valence-corrected chi connectivity index (χ3v) is 3.41. The van der Waals surface area contributed by atoms with Crippen molar-refractivity contribution in [1.82, 2.24) is 5.32 Å². The fourth-order valence-electron chi connectivity index (χ4n) is 1.78. The highest BCUT2D eigenvalue weighted by Crippen LogP contribution is 2.12. The van der Waals surface area contributed by atoms with E-state index in [-0.39, 0.29) is 19.0 Å². The largest absolute Gasteiger partial charge is 0.492 e. The normalized spacial score (nSPS) is 12.4. The number of nitrogens with zero attached hydrogens (tertiary/aromatic N) is 1. The Morgan fingerprint density at radius 3 is 2.38 bits per heavy atom. The summed E-state index contributed by atoms with van der Waals surface area (Å²) in [5.41, 5.74) is 5.40. The number of rotatable bonds is 9. The number of aliphatic hydroxyl groups is 2. The van der Waals surface area contributed by atoms with Crippen molar-refractivity contribution in [3.05, 3.63) is 29.8 Å². The maximum absolute atomic E-state index is 9.29. The van der Waals surface area contributed by atoms with E-state index in [0.29, 0.717) is 30.9 Å². The zero-order valence-corrected chi connectivity index (χ0v) is 12.1.